The third-order valence-corrected chi connectivity index (χ3v) is 4.77. The lowest BCUT2D eigenvalue weighted by molar-refractivity contribution is 0.738. The minimum absolute atomic E-state index is 0.0180. The second-order valence-electron chi connectivity index (χ2n) is 6.37. The van der Waals surface area contributed by atoms with Crippen molar-refractivity contribution >= 4 is 5.65 Å². The first-order valence-corrected chi connectivity index (χ1v) is 8.12. The van der Waals surface area contributed by atoms with Crippen molar-refractivity contribution in [3.8, 4) is 0 Å². The lowest BCUT2D eigenvalue weighted by Gasteiger charge is -2.14. The summed E-state index contributed by atoms with van der Waals surface area (Å²) in [6.07, 6.45) is 9.75. The molecule has 4 heteroatoms. The van der Waals surface area contributed by atoms with E-state index in [2.05, 4.69) is 57.4 Å². The van der Waals surface area contributed by atoms with Gasteiger partial charge in [-0.2, -0.15) is 0 Å². The number of hydrogen-bond donors (Lipinski definition) is 0. The van der Waals surface area contributed by atoms with Crippen molar-refractivity contribution in [2.24, 2.45) is 0 Å². The van der Waals surface area contributed by atoms with Gasteiger partial charge >= 0.3 is 0 Å². The highest BCUT2D eigenvalue weighted by Crippen LogP contribution is 2.52. The van der Waals surface area contributed by atoms with Crippen LogP contribution in [0.25, 0.3) is 5.65 Å². The zero-order chi connectivity index (χ0) is 15.9. The van der Waals surface area contributed by atoms with Crippen molar-refractivity contribution in [2.75, 3.05) is 0 Å². The molecule has 2 heterocycles. The van der Waals surface area contributed by atoms with Gasteiger partial charge in [-0.3, -0.25) is 9.38 Å². The number of aromatic nitrogens is 4. The maximum absolute atomic E-state index is 4.54. The van der Waals surface area contributed by atoms with E-state index in [0.717, 1.165) is 42.8 Å². The quantitative estimate of drug-likeness (QED) is 0.676. The standard InChI is InChI=1S/C19H20N4/c1-3-4-5-16-17-21-22-18(23(17)13-12-20-16)19(10-11-19)15-8-6-14(2)7-9-15/h3,6-9,12-13H,1,4-5,10-11H2,2H3. The number of fused-ring (bicyclic) bond motifs is 1. The molecule has 3 aromatic rings. The van der Waals surface area contributed by atoms with Gasteiger partial charge in [-0.25, -0.2) is 0 Å². The van der Waals surface area contributed by atoms with E-state index in [-0.39, 0.29) is 5.41 Å². The number of benzene rings is 1. The summed E-state index contributed by atoms with van der Waals surface area (Å²) in [7, 11) is 0. The Balaban J connectivity index is 1.80. The van der Waals surface area contributed by atoms with Crippen molar-refractivity contribution in [1.29, 1.82) is 0 Å². The number of hydrogen-bond acceptors (Lipinski definition) is 3. The molecule has 1 fully saturated rings. The molecule has 4 rings (SSSR count). The summed E-state index contributed by atoms with van der Waals surface area (Å²) in [5.41, 5.74) is 4.51. The Morgan fingerprint density at radius 1 is 1.22 bits per heavy atom. The van der Waals surface area contributed by atoms with Crippen molar-refractivity contribution in [3.63, 3.8) is 0 Å². The maximum Gasteiger partial charge on any atom is 0.182 e. The minimum Gasteiger partial charge on any atom is -0.283 e. The van der Waals surface area contributed by atoms with E-state index in [0.29, 0.717) is 0 Å². The van der Waals surface area contributed by atoms with Gasteiger partial charge in [0.1, 0.15) is 5.82 Å². The normalized spacial score (nSPS) is 15.7. The van der Waals surface area contributed by atoms with E-state index in [1.165, 1.54) is 11.1 Å². The van der Waals surface area contributed by atoms with Crippen LogP contribution in [0.15, 0.2) is 49.3 Å². The summed E-state index contributed by atoms with van der Waals surface area (Å²) in [4.78, 5) is 4.47. The van der Waals surface area contributed by atoms with Gasteiger partial charge in [-0.1, -0.05) is 35.9 Å². The summed E-state index contributed by atoms with van der Waals surface area (Å²) in [5, 5.41) is 8.98. The highest BCUT2D eigenvalue weighted by atomic mass is 15.3. The third-order valence-electron chi connectivity index (χ3n) is 4.77. The van der Waals surface area contributed by atoms with E-state index < -0.39 is 0 Å². The summed E-state index contributed by atoms with van der Waals surface area (Å²) < 4.78 is 2.12. The zero-order valence-corrected chi connectivity index (χ0v) is 13.4. The molecule has 0 spiro atoms. The summed E-state index contributed by atoms with van der Waals surface area (Å²) >= 11 is 0. The molecule has 1 aromatic carbocycles. The van der Waals surface area contributed by atoms with Crippen LogP contribution >= 0.6 is 0 Å². The number of allylic oxidation sites excluding steroid dienone is 1. The van der Waals surface area contributed by atoms with Gasteiger partial charge in [0.05, 0.1) is 11.1 Å². The number of rotatable bonds is 5. The Bertz CT molecular complexity index is 857. The predicted molar refractivity (Wildman–Crippen MR) is 90.5 cm³/mol. The fourth-order valence-electron chi connectivity index (χ4n) is 3.26. The fraction of sp³-hybridized carbons (Fsp3) is 0.316. The monoisotopic (exact) mass is 304 g/mol. The van der Waals surface area contributed by atoms with Gasteiger partial charge in [-0.05, 0) is 38.2 Å². The van der Waals surface area contributed by atoms with E-state index in [9.17, 15) is 0 Å². The first kappa shape index (κ1) is 14.1. The first-order valence-electron chi connectivity index (χ1n) is 8.12. The predicted octanol–water partition coefficient (Wildman–Crippen LogP) is 3.63. The van der Waals surface area contributed by atoms with Gasteiger partial charge in [0.2, 0.25) is 0 Å². The van der Waals surface area contributed by atoms with Crippen LogP contribution < -0.4 is 0 Å². The van der Waals surface area contributed by atoms with Crippen molar-refractivity contribution < 1.29 is 0 Å². The van der Waals surface area contributed by atoms with Crippen LogP contribution in [0.5, 0.6) is 0 Å². The van der Waals surface area contributed by atoms with E-state index in [1.807, 2.05) is 18.5 Å². The Morgan fingerprint density at radius 2 is 2.00 bits per heavy atom. The molecule has 0 amide bonds. The summed E-state index contributed by atoms with van der Waals surface area (Å²) in [6, 6.07) is 8.80. The van der Waals surface area contributed by atoms with Crippen LogP contribution in [0.4, 0.5) is 0 Å². The Labute approximate surface area is 135 Å². The minimum atomic E-state index is 0.0180. The van der Waals surface area contributed by atoms with Crippen LogP contribution in [0.2, 0.25) is 0 Å². The highest BCUT2D eigenvalue weighted by Gasteiger charge is 2.49. The molecule has 2 aromatic heterocycles. The van der Waals surface area contributed by atoms with Gasteiger partial charge in [-0.15, -0.1) is 16.8 Å². The average molecular weight is 304 g/mol. The Kier molecular flexibility index (Phi) is 3.26. The molecule has 1 aliphatic rings. The molecule has 1 saturated carbocycles. The molecule has 23 heavy (non-hydrogen) atoms. The van der Waals surface area contributed by atoms with Crippen LogP contribution in [-0.2, 0) is 11.8 Å². The highest BCUT2D eigenvalue weighted by molar-refractivity contribution is 5.48. The molecule has 1 aliphatic carbocycles. The molecule has 4 nitrogen and oxygen atoms in total. The molecule has 0 aliphatic heterocycles. The molecule has 0 unspecified atom stereocenters. The maximum atomic E-state index is 4.54. The van der Waals surface area contributed by atoms with E-state index >= 15 is 0 Å². The van der Waals surface area contributed by atoms with E-state index in [1.54, 1.807) is 0 Å². The first-order chi connectivity index (χ1) is 11.2. The lowest BCUT2D eigenvalue weighted by Crippen LogP contribution is -2.13. The summed E-state index contributed by atoms with van der Waals surface area (Å²) in [6.45, 7) is 5.90. The van der Waals surface area contributed by atoms with Gasteiger partial charge in [0, 0.05) is 12.4 Å². The zero-order valence-electron chi connectivity index (χ0n) is 13.4. The summed E-state index contributed by atoms with van der Waals surface area (Å²) in [5.74, 6) is 1.04. The SMILES string of the molecule is C=CCCc1nccn2c(C3(c4ccc(C)cc4)CC3)nnc12. The van der Waals surface area contributed by atoms with Gasteiger partial charge in [0.15, 0.2) is 5.65 Å². The molecule has 0 saturated heterocycles. The number of nitrogens with zero attached hydrogens (tertiary/aromatic N) is 4. The molecular formula is C19H20N4. The van der Waals surface area contributed by atoms with Crippen LogP contribution in [-0.4, -0.2) is 19.6 Å². The van der Waals surface area contributed by atoms with E-state index in [4.69, 9.17) is 0 Å². The fourth-order valence-corrected chi connectivity index (χ4v) is 3.26. The van der Waals surface area contributed by atoms with Crippen molar-refractivity contribution in [1.82, 2.24) is 19.6 Å². The Morgan fingerprint density at radius 3 is 2.70 bits per heavy atom. The topological polar surface area (TPSA) is 43.1 Å². The molecular weight excluding hydrogens is 284 g/mol. The van der Waals surface area contributed by atoms with Gasteiger partial charge in [0.25, 0.3) is 0 Å². The molecule has 0 radical (unpaired) electrons. The van der Waals surface area contributed by atoms with Crippen LogP contribution in [0, 0.1) is 6.92 Å². The second kappa shape index (κ2) is 5.30. The molecule has 116 valence electrons. The van der Waals surface area contributed by atoms with Crippen LogP contribution in [0.1, 0.15) is 41.9 Å². The van der Waals surface area contributed by atoms with Crippen molar-refractivity contribution in [3.05, 3.63) is 72.0 Å². The number of aryl methyl sites for hydroxylation is 2. The smallest absolute Gasteiger partial charge is 0.182 e. The molecule has 0 bridgehead atoms. The second-order valence-corrected chi connectivity index (χ2v) is 6.37. The largest absolute Gasteiger partial charge is 0.283 e. The molecule has 0 N–H and O–H groups in total. The Hall–Kier alpha value is -2.49. The third kappa shape index (κ3) is 2.25. The average Bonchev–Trinajstić information content (AvgIpc) is 3.26. The molecule has 0 atom stereocenters. The van der Waals surface area contributed by atoms with Crippen molar-refractivity contribution in [2.45, 2.75) is 38.0 Å². The lowest BCUT2D eigenvalue weighted by atomic mass is 9.94. The van der Waals surface area contributed by atoms with Crippen LogP contribution in [0.3, 0.4) is 0 Å². The van der Waals surface area contributed by atoms with Gasteiger partial charge < -0.3 is 0 Å².